The van der Waals surface area contributed by atoms with Gasteiger partial charge in [0.2, 0.25) is 5.91 Å². The SMILES string of the molecule is Cc1nn(C)c(C)c1CCC(=O)N1CC[C@@H](c2ccccc2Cl)C1. The molecule has 0 unspecified atom stereocenters. The van der Waals surface area contributed by atoms with Crippen molar-refractivity contribution >= 4 is 17.5 Å². The van der Waals surface area contributed by atoms with E-state index in [1.54, 1.807) is 0 Å². The van der Waals surface area contributed by atoms with Gasteiger partial charge < -0.3 is 4.90 Å². The van der Waals surface area contributed by atoms with E-state index in [4.69, 9.17) is 11.6 Å². The van der Waals surface area contributed by atoms with Crippen molar-refractivity contribution in [3.05, 3.63) is 51.8 Å². The van der Waals surface area contributed by atoms with Gasteiger partial charge in [0.05, 0.1) is 5.69 Å². The molecule has 1 aliphatic rings. The normalized spacial score (nSPS) is 17.5. The number of aryl methyl sites for hydroxylation is 2. The summed E-state index contributed by atoms with van der Waals surface area (Å²) in [5.74, 6) is 0.580. The van der Waals surface area contributed by atoms with Crippen molar-refractivity contribution in [2.75, 3.05) is 13.1 Å². The van der Waals surface area contributed by atoms with Gasteiger partial charge in [0.25, 0.3) is 0 Å². The monoisotopic (exact) mass is 345 g/mol. The second-order valence-electron chi connectivity index (χ2n) is 6.62. The second kappa shape index (κ2) is 6.98. The van der Waals surface area contributed by atoms with Crippen molar-refractivity contribution in [1.82, 2.24) is 14.7 Å². The fourth-order valence-electron chi connectivity index (χ4n) is 3.62. The topological polar surface area (TPSA) is 38.1 Å². The number of halogens is 1. The third-order valence-electron chi connectivity index (χ3n) is 5.13. The number of hydrogen-bond acceptors (Lipinski definition) is 2. The van der Waals surface area contributed by atoms with Crippen molar-refractivity contribution in [3.63, 3.8) is 0 Å². The van der Waals surface area contributed by atoms with Crippen LogP contribution in [0.2, 0.25) is 5.02 Å². The second-order valence-corrected chi connectivity index (χ2v) is 7.03. The summed E-state index contributed by atoms with van der Waals surface area (Å²) in [7, 11) is 1.95. The van der Waals surface area contributed by atoms with Crippen LogP contribution in [0.1, 0.15) is 41.3 Å². The summed E-state index contributed by atoms with van der Waals surface area (Å²) in [6.45, 7) is 5.66. The molecule has 128 valence electrons. The van der Waals surface area contributed by atoms with Crippen LogP contribution in [0, 0.1) is 13.8 Å². The van der Waals surface area contributed by atoms with Gasteiger partial charge in [-0.05, 0) is 43.9 Å². The van der Waals surface area contributed by atoms with Crippen LogP contribution in [0.4, 0.5) is 0 Å². The molecule has 1 aliphatic heterocycles. The molecule has 1 saturated heterocycles. The van der Waals surface area contributed by atoms with E-state index in [0.717, 1.165) is 47.9 Å². The molecule has 0 spiro atoms. The fraction of sp³-hybridized carbons (Fsp3) is 0.474. The Morgan fingerprint density at radius 2 is 2.08 bits per heavy atom. The zero-order chi connectivity index (χ0) is 17.3. The molecule has 1 atom stereocenters. The lowest BCUT2D eigenvalue weighted by Gasteiger charge is -2.17. The predicted molar refractivity (Wildman–Crippen MR) is 96.4 cm³/mol. The first kappa shape index (κ1) is 17.0. The Balaban J connectivity index is 1.60. The Hall–Kier alpha value is -1.81. The lowest BCUT2D eigenvalue weighted by atomic mass is 9.98. The summed E-state index contributed by atoms with van der Waals surface area (Å²) in [6.07, 6.45) is 2.29. The van der Waals surface area contributed by atoms with Crippen LogP contribution >= 0.6 is 11.6 Å². The average Bonchev–Trinajstić information content (AvgIpc) is 3.12. The molecular formula is C19H24ClN3O. The Labute approximate surface area is 148 Å². The van der Waals surface area contributed by atoms with Gasteiger partial charge >= 0.3 is 0 Å². The number of hydrogen-bond donors (Lipinski definition) is 0. The van der Waals surface area contributed by atoms with Crippen LogP contribution in [0.5, 0.6) is 0 Å². The van der Waals surface area contributed by atoms with E-state index >= 15 is 0 Å². The van der Waals surface area contributed by atoms with E-state index in [0.29, 0.717) is 12.3 Å². The molecule has 0 aliphatic carbocycles. The molecule has 0 N–H and O–H groups in total. The first-order valence-electron chi connectivity index (χ1n) is 8.48. The van der Waals surface area contributed by atoms with Gasteiger partial charge in [-0.2, -0.15) is 5.10 Å². The van der Waals surface area contributed by atoms with Gasteiger partial charge in [-0.3, -0.25) is 9.48 Å². The molecule has 24 heavy (non-hydrogen) atoms. The number of likely N-dealkylation sites (tertiary alicyclic amines) is 1. The number of aromatic nitrogens is 2. The minimum atomic E-state index is 0.229. The largest absolute Gasteiger partial charge is 0.342 e. The zero-order valence-electron chi connectivity index (χ0n) is 14.6. The smallest absolute Gasteiger partial charge is 0.222 e. The highest BCUT2D eigenvalue weighted by atomic mass is 35.5. The minimum Gasteiger partial charge on any atom is -0.342 e. The van der Waals surface area contributed by atoms with Gasteiger partial charge in [0.15, 0.2) is 0 Å². The number of carbonyl (C=O) groups excluding carboxylic acids is 1. The van der Waals surface area contributed by atoms with Crippen molar-refractivity contribution in [1.29, 1.82) is 0 Å². The summed E-state index contributed by atoms with van der Waals surface area (Å²) >= 11 is 6.30. The first-order valence-corrected chi connectivity index (χ1v) is 8.86. The molecule has 0 radical (unpaired) electrons. The number of rotatable bonds is 4. The van der Waals surface area contributed by atoms with Crippen LogP contribution in [0.15, 0.2) is 24.3 Å². The molecule has 2 heterocycles. The first-order chi connectivity index (χ1) is 11.5. The number of benzene rings is 1. The van der Waals surface area contributed by atoms with Gasteiger partial charge in [0, 0.05) is 43.2 Å². The summed E-state index contributed by atoms with van der Waals surface area (Å²) < 4.78 is 1.89. The van der Waals surface area contributed by atoms with Crippen LogP contribution in [-0.4, -0.2) is 33.7 Å². The number of nitrogens with zero attached hydrogens (tertiary/aromatic N) is 3. The summed E-state index contributed by atoms with van der Waals surface area (Å²) in [5, 5.41) is 5.23. The molecule has 3 rings (SSSR count). The third kappa shape index (κ3) is 3.34. The molecule has 1 amide bonds. The standard InChI is InChI=1S/C19H24ClN3O/c1-13-16(14(2)22(3)21-13)8-9-19(24)23-11-10-15(12-23)17-6-4-5-7-18(17)20/h4-7,15H,8-12H2,1-3H3/t15-/m1/s1. The third-order valence-corrected chi connectivity index (χ3v) is 5.48. The van der Waals surface area contributed by atoms with E-state index in [1.807, 2.05) is 41.8 Å². The van der Waals surface area contributed by atoms with Crippen molar-refractivity contribution in [3.8, 4) is 0 Å². The maximum atomic E-state index is 12.6. The number of carbonyl (C=O) groups is 1. The minimum absolute atomic E-state index is 0.229. The van der Waals surface area contributed by atoms with Crippen molar-refractivity contribution in [2.24, 2.45) is 7.05 Å². The highest BCUT2D eigenvalue weighted by Crippen LogP contribution is 2.32. The molecule has 0 saturated carbocycles. The van der Waals surface area contributed by atoms with E-state index in [9.17, 15) is 4.79 Å². The fourth-order valence-corrected chi connectivity index (χ4v) is 3.91. The molecule has 5 heteroatoms. The summed E-state index contributed by atoms with van der Waals surface area (Å²) in [5.41, 5.74) is 4.54. The van der Waals surface area contributed by atoms with Gasteiger partial charge in [-0.15, -0.1) is 0 Å². The van der Waals surface area contributed by atoms with E-state index in [-0.39, 0.29) is 5.91 Å². The van der Waals surface area contributed by atoms with Gasteiger partial charge in [-0.1, -0.05) is 29.8 Å². The maximum absolute atomic E-state index is 12.6. The van der Waals surface area contributed by atoms with E-state index in [2.05, 4.69) is 18.1 Å². The molecule has 2 aromatic rings. The van der Waals surface area contributed by atoms with E-state index < -0.39 is 0 Å². The highest BCUT2D eigenvalue weighted by Gasteiger charge is 2.28. The summed E-state index contributed by atoms with van der Waals surface area (Å²) in [6, 6.07) is 7.96. The molecule has 1 aromatic carbocycles. The van der Waals surface area contributed by atoms with Crippen LogP contribution < -0.4 is 0 Å². The van der Waals surface area contributed by atoms with E-state index in [1.165, 1.54) is 5.56 Å². The molecule has 1 fully saturated rings. The Kier molecular flexibility index (Phi) is 4.95. The predicted octanol–water partition coefficient (Wildman–Crippen LogP) is 3.64. The maximum Gasteiger partial charge on any atom is 0.222 e. The molecule has 4 nitrogen and oxygen atoms in total. The van der Waals surface area contributed by atoms with Crippen molar-refractivity contribution in [2.45, 2.75) is 39.0 Å². The molecule has 0 bridgehead atoms. The van der Waals surface area contributed by atoms with Crippen LogP contribution in [0.25, 0.3) is 0 Å². The lowest BCUT2D eigenvalue weighted by molar-refractivity contribution is -0.130. The quantitative estimate of drug-likeness (QED) is 0.848. The average molecular weight is 346 g/mol. The van der Waals surface area contributed by atoms with Gasteiger partial charge in [-0.25, -0.2) is 0 Å². The molecule has 1 aromatic heterocycles. The Morgan fingerprint density at radius 3 is 2.75 bits per heavy atom. The van der Waals surface area contributed by atoms with Crippen LogP contribution in [0.3, 0.4) is 0 Å². The van der Waals surface area contributed by atoms with Crippen LogP contribution in [-0.2, 0) is 18.3 Å². The zero-order valence-corrected chi connectivity index (χ0v) is 15.3. The highest BCUT2D eigenvalue weighted by molar-refractivity contribution is 6.31. The Morgan fingerprint density at radius 1 is 1.33 bits per heavy atom. The lowest BCUT2D eigenvalue weighted by Crippen LogP contribution is -2.28. The Bertz CT molecular complexity index is 753. The van der Waals surface area contributed by atoms with Gasteiger partial charge in [0.1, 0.15) is 0 Å². The van der Waals surface area contributed by atoms with Crippen molar-refractivity contribution < 1.29 is 4.79 Å². The summed E-state index contributed by atoms with van der Waals surface area (Å²) in [4.78, 5) is 14.6. The molecular weight excluding hydrogens is 322 g/mol. The number of amides is 1.